The van der Waals surface area contributed by atoms with E-state index in [1.807, 2.05) is 6.20 Å². The van der Waals surface area contributed by atoms with Crippen LogP contribution >= 0.6 is 0 Å². The van der Waals surface area contributed by atoms with Gasteiger partial charge in [-0.15, -0.1) is 0 Å². The van der Waals surface area contributed by atoms with Crippen molar-refractivity contribution in [2.45, 2.75) is 50.4 Å². The Hall–Kier alpha value is -1.18. The number of carbonyl (C=O) groups is 1. The molecular weight excluding hydrogens is 198 g/mol. The Labute approximate surface area is 96.1 Å². The Morgan fingerprint density at radius 1 is 1.12 bits per heavy atom. The third-order valence-electron chi connectivity index (χ3n) is 3.89. The Morgan fingerprint density at radius 3 is 2.50 bits per heavy atom. The van der Waals surface area contributed by atoms with Crippen LogP contribution in [0.25, 0.3) is 0 Å². The fourth-order valence-electron chi connectivity index (χ4n) is 2.78. The average Bonchev–Trinajstić information content (AvgIpc) is 3.03. The second-order valence-corrected chi connectivity index (χ2v) is 5.12. The number of aldehydes is 1. The van der Waals surface area contributed by atoms with Crippen LogP contribution in [0.4, 0.5) is 0 Å². The predicted octanol–water partition coefficient (Wildman–Crippen LogP) is 3.43. The van der Waals surface area contributed by atoms with E-state index in [9.17, 15) is 4.79 Å². The van der Waals surface area contributed by atoms with Crippen LogP contribution in [-0.2, 0) is 0 Å². The van der Waals surface area contributed by atoms with Gasteiger partial charge in [0.2, 0.25) is 0 Å². The summed E-state index contributed by atoms with van der Waals surface area (Å²) in [5, 5.41) is 0. The summed E-state index contributed by atoms with van der Waals surface area (Å²) >= 11 is 0. The highest BCUT2D eigenvalue weighted by molar-refractivity contribution is 5.77. The highest BCUT2D eigenvalue weighted by Gasteiger charge is 2.28. The highest BCUT2D eigenvalue weighted by Crippen LogP contribution is 2.41. The van der Waals surface area contributed by atoms with Crippen molar-refractivity contribution in [3.63, 3.8) is 0 Å². The third-order valence-corrected chi connectivity index (χ3v) is 3.89. The van der Waals surface area contributed by atoms with Gasteiger partial charge in [0.05, 0.1) is 5.69 Å². The SMILES string of the molecule is O=Cc1cc(C2CCCC2)cnc1C1CC1. The lowest BCUT2D eigenvalue weighted by atomic mass is 9.97. The zero-order valence-corrected chi connectivity index (χ0v) is 9.48. The molecule has 2 saturated carbocycles. The van der Waals surface area contributed by atoms with Gasteiger partial charge < -0.3 is 0 Å². The Morgan fingerprint density at radius 2 is 1.88 bits per heavy atom. The van der Waals surface area contributed by atoms with E-state index in [1.54, 1.807) is 0 Å². The Bertz CT molecular complexity index is 403. The van der Waals surface area contributed by atoms with Crippen molar-refractivity contribution in [1.29, 1.82) is 0 Å². The number of pyridine rings is 1. The highest BCUT2D eigenvalue weighted by atomic mass is 16.1. The van der Waals surface area contributed by atoms with Gasteiger partial charge in [0.25, 0.3) is 0 Å². The molecular formula is C14H17NO. The molecule has 0 N–H and O–H groups in total. The minimum absolute atomic E-state index is 0.567. The molecule has 3 rings (SSSR count). The third kappa shape index (κ3) is 1.77. The van der Waals surface area contributed by atoms with Gasteiger partial charge in [-0.2, -0.15) is 0 Å². The molecule has 16 heavy (non-hydrogen) atoms. The lowest BCUT2D eigenvalue weighted by molar-refractivity contribution is 0.112. The van der Waals surface area contributed by atoms with E-state index in [1.165, 1.54) is 44.1 Å². The largest absolute Gasteiger partial charge is 0.298 e. The predicted molar refractivity (Wildman–Crippen MR) is 62.8 cm³/mol. The zero-order valence-electron chi connectivity index (χ0n) is 9.48. The molecule has 0 atom stereocenters. The van der Waals surface area contributed by atoms with E-state index in [-0.39, 0.29) is 0 Å². The summed E-state index contributed by atoms with van der Waals surface area (Å²) in [5.41, 5.74) is 3.16. The van der Waals surface area contributed by atoms with Crippen LogP contribution in [0.1, 0.15) is 72.0 Å². The quantitative estimate of drug-likeness (QED) is 0.723. The Kier molecular flexibility index (Phi) is 2.50. The first-order valence-corrected chi connectivity index (χ1v) is 6.33. The lowest BCUT2D eigenvalue weighted by Crippen LogP contribution is -2.00. The van der Waals surface area contributed by atoms with Gasteiger partial charge in [0.1, 0.15) is 0 Å². The zero-order chi connectivity index (χ0) is 11.0. The van der Waals surface area contributed by atoms with E-state index in [0.717, 1.165) is 17.5 Å². The summed E-state index contributed by atoms with van der Waals surface area (Å²) in [7, 11) is 0. The molecule has 1 aromatic heterocycles. The fraction of sp³-hybridized carbons (Fsp3) is 0.571. The molecule has 0 unspecified atom stereocenters. The first-order chi connectivity index (χ1) is 7.88. The van der Waals surface area contributed by atoms with E-state index in [4.69, 9.17) is 0 Å². The topological polar surface area (TPSA) is 30.0 Å². The minimum atomic E-state index is 0.567. The summed E-state index contributed by atoms with van der Waals surface area (Å²) in [6.45, 7) is 0. The van der Waals surface area contributed by atoms with E-state index in [2.05, 4.69) is 11.1 Å². The second-order valence-electron chi connectivity index (χ2n) is 5.12. The summed E-state index contributed by atoms with van der Waals surface area (Å²) in [4.78, 5) is 15.6. The van der Waals surface area contributed by atoms with Gasteiger partial charge in [-0.3, -0.25) is 9.78 Å². The van der Waals surface area contributed by atoms with Gasteiger partial charge >= 0.3 is 0 Å². The maximum absolute atomic E-state index is 11.1. The molecule has 0 amide bonds. The smallest absolute Gasteiger partial charge is 0.151 e. The van der Waals surface area contributed by atoms with Crippen LogP contribution in [0.3, 0.4) is 0 Å². The lowest BCUT2D eigenvalue weighted by Gasteiger charge is -2.11. The normalized spacial score (nSPS) is 21.2. The van der Waals surface area contributed by atoms with Crippen LogP contribution in [0.2, 0.25) is 0 Å². The van der Waals surface area contributed by atoms with E-state index < -0.39 is 0 Å². The first-order valence-electron chi connectivity index (χ1n) is 6.33. The Balaban J connectivity index is 1.92. The molecule has 2 heteroatoms. The van der Waals surface area contributed by atoms with Crippen molar-refractivity contribution in [2.24, 2.45) is 0 Å². The summed E-state index contributed by atoms with van der Waals surface area (Å²) in [6, 6.07) is 2.09. The summed E-state index contributed by atoms with van der Waals surface area (Å²) < 4.78 is 0. The molecule has 2 aliphatic rings. The molecule has 2 fully saturated rings. The van der Waals surface area contributed by atoms with Gasteiger partial charge in [0.15, 0.2) is 6.29 Å². The van der Waals surface area contributed by atoms with Crippen LogP contribution in [0.5, 0.6) is 0 Å². The standard InChI is InChI=1S/C14H17NO/c16-9-13-7-12(10-3-1-2-4-10)8-15-14(13)11-5-6-11/h7-11H,1-6H2. The van der Waals surface area contributed by atoms with Gasteiger partial charge in [-0.25, -0.2) is 0 Å². The molecule has 2 aliphatic carbocycles. The van der Waals surface area contributed by atoms with Gasteiger partial charge in [-0.05, 0) is 43.2 Å². The molecule has 0 bridgehead atoms. The van der Waals surface area contributed by atoms with E-state index in [0.29, 0.717) is 11.8 Å². The molecule has 1 aromatic rings. The monoisotopic (exact) mass is 215 g/mol. The van der Waals surface area contributed by atoms with Crippen molar-refractivity contribution in [1.82, 2.24) is 4.98 Å². The molecule has 0 aromatic carbocycles. The number of nitrogens with zero attached hydrogens (tertiary/aromatic N) is 1. The van der Waals surface area contributed by atoms with Crippen molar-refractivity contribution < 1.29 is 4.79 Å². The average molecular weight is 215 g/mol. The van der Waals surface area contributed by atoms with E-state index >= 15 is 0 Å². The van der Waals surface area contributed by atoms with Crippen molar-refractivity contribution in [3.8, 4) is 0 Å². The number of rotatable bonds is 3. The number of hydrogen-bond donors (Lipinski definition) is 0. The number of carbonyl (C=O) groups excluding carboxylic acids is 1. The van der Waals surface area contributed by atoms with Crippen LogP contribution in [-0.4, -0.2) is 11.3 Å². The molecule has 84 valence electrons. The minimum Gasteiger partial charge on any atom is -0.298 e. The molecule has 2 nitrogen and oxygen atoms in total. The maximum atomic E-state index is 11.1. The van der Waals surface area contributed by atoms with Crippen LogP contribution in [0, 0.1) is 0 Å². The number of hydrogen-bond acceptors (Lipinski definition) is 2. The first kappa shape index (κ1) is 10.0. The molecule has 0 saturated heterocycles. The van der Waals surface area contributed by atoms with Gasteiger partial charge in [0, 0.05) is 17.7 Å². The fourth-order valence-corrected chi connectivity index (χ4v) is 2.78. The molecule has 0 aliphatic heterocycles. The maximum Gasteiger partial charge on any atom is 0.151 e. The van der Waals surface area contributed by atoms with Gasteiger partial charge in [-0.1, -0.05) is 12.8 Å². The van der Waals surface area contributed by atoms with Crippen molar-refractivity contribution in [2.75, 3.05) is 0 Å². The van der Waals surface area contributed by atoms with Crippen LogP contribution < -0.4 is 0 Å². The van der Waals surface area contributed by atoms with Crippen molar-refractivity contribution in [3.05, 3.63) is 29.1 Å². The number of aromatic nitrogens is 1. The second kappa shape index (κ2) is 4.00. The molecule has 1 heterocycles. The van der Waals surface area contributed by atoms with Crippen molar-refractivity contribution >= 4 is 6.29 Å². The summed E-state index contributed by atoms with van der Waals surface area (Å²) in [5.74, 6) is 1.22. The summed E-state index contributed by atoms with van der Waals surface area (Å²) in [6.07, 6.45) is 10.6. The molecule has 0 radical (unpaired) electrons. The molecule has 0 spiro atoms. The van der Waals surface area contributed by atoms with Crippen LogP contribution in [0.15, 0.2) is 12.3 Å².